The number of hydrogen-bond acceptors (Lipinski definition) is 3. The monoisotopic (exact) mass is 526 g/mol. The second-order valence-corrected chi connectivity index (χ2v) is 10.6. The summed E-state index contributed by atoms with van der Waals surface area (Å²) in [6.45, 7) is 2.22. The van der Waals surface area contributed by atoms with Gasteiger partial charge in [-0.2, -0.15) is 0 Å². The maximum absolute atomic E-state index is 13.4. The van der Waals surface area contributed by atoms with Crippen molar-refractivity contribution in [2.45, 2.75) is 69.0 Å². The van der Waals surface area contributed by atoms with Crippen molar-refractivity contribution in [2.75, 3.05) is 5.75 Å². The number of amides is 2. The van der Waals surface area contributed by atoms with Gasteiger partial charge >= 0.3 is 0 Å². The molecule has 0 bridgehead atoms. The van der Waals surface area contributed by atoms with Crippen molar-refractivity contribution in [3.05, 3.63) is 63.1 Å². The standard InChI is InChI=1S/C25H29Cl3N2O2S/c1-2-23(25(32)29-19-6-4-3-5-7-19)30(15-17-8-13-21(27)22(28)14-17)24(31)16-33-20-11-9-18(26)10-12-20/h8-14,19,23H,2-7,15-16H2,1H3,(H,29,32)/t23-/m0/s1. The molecule has 0 saturated heterocycles. The van der Waals surface area contributed by atoms with Crippen LogP contribution in [0.25, 0.3) is 0 Å². The summed E-state index contributed by atoms with van der Waals surface area (Å²) >= 11 is 19.7. The fraction of sp³-hybridized carbons (Fsp3) is 0.440. The van der Waals surface area contributed by atoms with E-state index in [2.05, 4.69) is 5.32 Å². The Kier molecular flexibility index (Phi) is 10.2. The normalized spacial score (nSPS) is 15.2. The molecule has 0 radical (unpaired) electrons. The molecule has 8 heteroatoms. The van der Waals surface area contributed by atoms with Gasteiger partial charge in [0.2, 0.25) is 11.8 Å². The van der Waals surface area contributed by atoms with E-state index in [0.717, 1.165) is 36.1 Å². The fourth-order valence-corrected chi connectivity index (χ4v) is 5.29. The Labute approximate surface area is 215 Å². The second kappa shape index (κ2) is 12.9. The summed E-state index contributed by atoms with van der Waals surface area (Å²) in [5, 5.41) is 4.73. The van der Waals surface area contributed by atoms with Gasteiger partial charge in [-0.3, -0.25) is 9.59 Å². The first-order valence-corrected chi connectivity index (χ1v) is 13.4. The van der Waals surface area contributed by atoms with E-state index in [1.54, 1.807) is 29.2 Å². The van der Waals surface area contributed by atoms with Crippen LogP contribution in [0.4, 0.5) is 0 Å². The summed E-state index contributed by atoms with van der Waals surface area (Å²) in [5.74, 6) is 0.0249. The third-order valence-electron chi connectivity index (χ3n) is 5.85. The quantitative estimate of drug-likeness (QED) is 0.357. The minimum atomic E-state index is -0.556. The molecule has 1 aliphatic rings. The maximum Gasteiger partial charge on any atom is 0.243 e. The zero-order valence-electron chi connectivity index (χ0n) is 18.7. The smallest absolute Gasteiger partial charge is 0.243 e. The molecule has 1 atom stereocenters. The fourth-order valence-electron chi connectivity index (χ4n) is 4.06. The lowest BCUT2D eigenvalue weighted by molar-refractivity contribution is -0.139. The highest BCUT2D eigenvalue weighted by molar-refractivity contribution is 8.00. The lowest BCUT2D eigenvalue weighted by atomic mass is 9.95. The molecule has 2 amide bonds. The lowest BCUT2D eigenvalue weighted by Crippen LogP contribution is -2.52. The van der Waals surface area contributed by atoms with E-state index in [4.69, 9.17) is 34.8 Å². The highest BCUT2D eigenvalue weighted by Crippen LogP contribution is 2.26. The van der Waals surface area contributed by atoms with Gasteiger partial charge in [-0.15, -0.1) is 11.8 Å². The number of rotatable bonds is 9. The molecule has 0 unspecified atom stereocenters. The molecule has 3 rings (SSSR count). The summed E-state index contributed by atoms with van der Waals surface area (Å²) in [6, 6.07) is 12.3. The van der Waals surface area contributed by atoms with E-state index in [9.17, 15) is 9.59 Å². The van der Waals surface area contributed by atoms with Crippen molar-refractivity contribution in [3.63, 3.8) is 0 Å². The largest absolute Gasteiger partial charge is 0.352 e. The first-order chi connectivity index (χ1) is 15.9. The van der Waals surface area contributed by atoms with E-state index in [-0.39, 0.29) is 30.2 Å². The van der Waals surface area contributed by atoms with Gasteiger partial charge in [0.15, 0.2) is 0 Å². The van der Waals surface area contributed by atoms with Gasteiger partial charge in [0.1, 0.15) is 6.04 Å². The number of thioether (sulfide) groups is 1. The minimum absolute atomic E-state index is 0.0886. The minimum Gasteiger partial charge on any atom is -0.352 e. The van der Waals surface area contributed by atoms with E-state index >= 15 is 0 Å². The van der Waals surface area contributed by atoms with Crippen LogP contribution in [0.3, 0.4) is 0 Å². The van der Waals surface area contributed by atoms with Crippen LogP contribution < -0.4 is 5.32 Å². The SMILES string of the molecule is CC[C@@H](C(=O)NC1CCCCC1)N(Cc1ccc(Cl)c(Cl)c1)C(=O)CSc1ccc(Cl)cc1. The Hall–Kier alpha value is -1.40. The second-order valence-electron chi connectivity index (χ2n) is 8.28. The summed E-state index contributed by atoms with van der Waals surface area (Å²) in [6.07, 6.45) is 5.99. The predicted octanol–water partition coefficient (Wildman–Crippen LogP) is 7.00. The molecule has 0 spiro atoms. The highest BCUT2D eigenvalue weighted by Gasteiger charge is 2.30. The van der Waals surface area contributed by atoms with Gasteiger partial charge in [-0.1, -0.05) is 67.1 Å². The molecule has 1 N–H and O–H groups in total. The summed E-state index contributed by atoms with van der Waals surface area (Å²) < 4.78 is 0. The molecule has 2 aromatic rings. The van der Waals surface area contributed by atoms with Gasteiger partial charge in [-0.05, 0) is 61.2 Å². The number of hydrogen-bond donors (Lipinski definition) is 1. The molecule has 178 valence electrons. The lowest BCUT2D eigenvalue weighted by Gasteiger charge is -2.32. The summed E-state index contributed by atoms with van der Waals surface area (Å²) in [5.41, 5.74) is 0.832. The van der Waals surface area contributed by atoms with Crippen LogP contribution in [0.15, 0.2) is 47.4 Å². The number of nitrogens with one attached hydrogen (secondary N) is 1. The molecule has 1 saturated carbocycles. The zero-order valence-corrected chi connectivity index (χ0v) is 21.7. The van der Waals surface area contributed by atoms with E-state index in [0.29, 0.717) is 21.5 Å². The van der Waals surface area contributed by atoms with Crippen LogP contribution in [-0.2, 0) is 16.1 Å². The number of carbonyl (C=O) groups is 2. The number of carbonyl (C=O) groups excluding carboxylic acids is 2. The van der Waals surface area contributed by atoms with Crippen LogP contribution in [-0.4, -0.2) is 34.6 Å². The van der Waals surface area contributed by atoms with Crippen LogP contribution in [0, 0.1) is 0 Å². The number of benzene rings is 2. The van der Waals surface area contributed by atoms with Gasteiger partial charge in [-0.25, -0.2) is 0 Å². The van der Waals surface area contributed by atoms with Crippen molar-refractivity contribution < 1.29 is 9.59 Å². The molecular weight excluding hydrogens is 499 g/mol. The first kappa shape index (κ1) is 26.2. The summed E-state index contributed by atoms with van der Waals surface area (Å²) in [7, 11) is 0. The molecular formula is C25H29Cl3N2O2S. The van der Waals surface area contributed by atoms with Crippen molar-refractivity contribution in [1.29, 1.82) is 0 Å². The van der Waals surface area contributed by atoms with Crippen LogP contribution >= 0.6 is 46.6 Å². The average Bonchev–Trinajstić information content (AvgIpc) is 2.81. The van der Waals surface area contributed by atoms with E-state index < -0.39 is 6.04 Å². The molecule has 33 heavy (non-hydrogen) atoms. The molecule has 4 nitrogen and oxygen atoms in total. The van der Waals surface area contributed by atoms with Crippen molar-refractivity contribution in [1.82, 2.24) is 10.2 Å². The topological polar surface area (TPSA) is 49.4 Å². The molecule has 2 aromatic carbocycles. The first-order valence-electron chi connectivity index (χ1n) is 11.3. The van der Waals surface area contributed by atoms with Gasteiger partial charge in [0, 0.05) is 22.5 Å². The highest BCUT2D eigenvalue weighted by atomic mass is 35.5. The van der Waals surface area contributed by atoms with Gasteiger partial charge < -0.3 is 10.2 Å². The number of halogens is 3. The van der Waals surface area contributed by atoms with Crippen LogP contribution in [0.1, 0.15) is 51.0 Å². The number of nitrogens with zero attached hydrogens (tertiary/aromatic N) is 1. The van der Waals surface area contributed by atoms with Crippen molar-refractivity contribution in [2.24, 2.45) is 0 Å². The van der Waals surface area contributed by atoms with Crippen molar-refractivity contribution in [3.8, 4) is 0 Å². The molecule has 1 fully saturated rings. The Morgan fingerprint density at radius 3 is 2.36 bits per heavy atom. The Bertz CT molecular complexity index is 949. The molecule has 0 heterocycles. The van der Waals surface area contributed by atoms with E-state index in [1.165, 1.54) is 18.2 Å². The third-order valence-corrected chi connectivity index (χ3v) is 7.84. The van der Waals surface area contributed by atoms with Crippen molar-refractivity contribution >= 4 is 58.4 Å². The van der Waals surface area contributed by atoms with Crippen LogP contribution in [0.2, 0.25) is 15.1 Å². The Morgan fingerprint density at radius 1 is 1.03 bits per heavy atom. The molecule has 0 aromatic heterocycles. The Balaban J connectivity index is 1.77. The molecule has 0 aliphatic heterocycles. The van der Waals surface area contributed by atoms with Crippen LogP contribution in [0.5, 0.6) is 0 Å². The zero-order chi connectivity index (χ0) is 23.8. The predicted molar refractivity (Wildman–Crippen MR) is 138 cm³/mol. The van der Waals surface area contributed by atoms with Gasteiger partial charge in [0.25, 0.3) is 0 Å². The average molecular weight is 528 g/mol. The summed E-state index contributed by atoms with van der Waals surface area (Å²) in [4.78, 5) is 29.2. The third kappa shape index (κ3) is 7.81. The van der Waals surface area contributed by atoms with Gasteiger partial charge in [0.05, 0.1) is 15.8 Å². The Morgan fingerprint density at radius 2 is 1.73 bits per heavy atom. The van der Waals surface area contributed by atoms with E-state index in [1.807, 2.05) is 25.1 Å². The molecule has 1 aliphatic carbocycles. The maximum atomic E-state index is 13.4.